The summed E-state index contributed by atoms with van der Waals surface area (Å²) < 4.78 is 0. The minimum atomic E-state index is 0.509. The molecule has 0 saturated heterocycles. The molecule has 0 heterocycles. The van der Waals surface area contributed by atoms with Gasteiger partial charge in [-0.15, -0.1) is 0 Å². The van der Waals surface area contributed by atoms with E-state index in [1.807, 2.05) is 0 Å². The molecule has 3 atom stereocenters. The molecule has 0 N–H and O–H groups in total. The maximum absolute atomic E-state index is 2.58. The molecule has 3 unspecified atom stereocenters. The maximum Gasteiger partial charge on any atom is -0.0219 e. The highest BCUT2D eigenvalue weighted by atomic mass is 14.4. The zero-order chi connectivity index (χ0) is 23.9. The second kappa shape index (κ2) is 12.6. The Morgan fingerprint density at radius 2 is 1.28 bits per heavy atom. The molecule has 2 rings (SSSR count). The van der Waals surface area contributed by atoms with E-state index < -0.39 is 0 Å². The van der Waals surface area contributed by atoms with Crippen LogP contribution in [0.2, 0.25) is 0 Å². The lowest BCUT2D eigenvalue weighted by atomic mass is 9.67. The van der Waals surface area contributed by atoms with E-state index >= 15 is 0 Å². The third kappa shape index (κ3) is 7.63. The number of hydrogen-bond donors (Lipinski definition) is 0. The van der Waals surface area contributed by atoms with Gasteiger partial charge in [0, 0.05) is 0 Å². The van der Waals surface area contributed by atoms with Crippen molar-refractivity contribution in [2.24, 2.45) is 23.2 Å². The van der Waals surface area contributed by atoms with Gasteiger partial charge >= 0.3 is 0 Å². The lowest BCUT2D eigenvalue weighted by Crippen LogP contribution is -2.28. The minimum Gasteiger partial charge on any atom is -0.0628 e. The van der Waals surface area contributed by atoms with Crippen LogP contribution in [0.3, 0.4) is 0 Å². The topological polar surface area (TPSA) is 0 Å². The average Bonchev–Trinajstić information content (AvgIpc) is 2.72. The Morgan fingerprint density at radius 1 is 0.719 bits per heavy atom. The van der Waals surface area contributed by atoms with Crippen molar-refractivity contribution in [2.75, 3.05) is 0 Å². The molecule has 1 aromatic rings. The number of benzene rings is 1. The highest BCUT2D eigenvalue weighted by molar-refractivity contribution is 5.52. The van der Waals surface area contributed by atoms with Crippen LogP contribution in [0.5, 0.6) is 0 Å². The van der Waals surface area contributed by atoms with Crippen LogP contribution in [0.25, 0.3) is 0 Å². The summed E-state index contributed by atoms with van der Waals surface area (Å²) in [6.45, 7) is 21.7. The first kappa shape index (κ1) is 27.5. The molecule has 0 aromatic heterocycles. The van der Waals surface area contributed by atoms with Gasteiger partial charge in [-0.2, -0.15) is 0 Å². The third-order valence-corrected chi connectivity index (χ3v) is 9.02. The van der Waals surface area contributed by atoms with E-state index in [1.54, 1.807) is 33.4 Å². The SMILES string of the molecule is CCc1c(C)c(C)c2c(c1C)CCC(C)(CCCC(C)CCCC(C)CCCC(C)C)C2. The van der Waals surface area contributed by atoms with Crippen LogP contribution in [-0.4, -0.2) is 0 Å². The lowest BCUT2D eigenvalue weighted by Gasteiger charge is -2.38. The molecule has 184 valence electrons. The molecule has 0 spiro atoms. The van der Waals surface area contributed by atoms with Crippen LogP contribution in [0, 0.1) is 43.9 Å². The van der Waals surface area contributed by atoms with Crippen molar-refractivity contribution in [3.8, 4) is 0 Å². The first-order valence-electron chi connectivity index (χ1n) is 14.2. The number of rotatable bonds is 13. The Morgan fingerprint density at radius 3 is 1.84 bits per heavy atom. The summed E-state index contributed by atoms with van der Waals surface area (Å²) in [6, 6.07) is 0. The summed E-state index contributed by atoms with van der Waals surface area (Å²) in [4.78, 5) is 0. The van der Waals surface area contributed by atoms with Crippen LogP contribution in [-0.2, 0) is 19.3 Å². The second-order valence-corrected chi connectivity index (χ2v) is 12.5. The molecule has 1 aromatic carbocycles. The number of fused-ring (bicyclic) bond motifs is 1. The van der Waals surface area contributed by atoms with Gasteiger partial charge in [-0.25, -0.2) is 0 Å². The van der Waals surface area contributed by atoms with E-state index in [2.05, 4.69) is 62.3 Å². The fraction of sp³-hybridized carbons (Fsp3) is 0.812. The predicted molar refractivity (Wildman–Crippen MR) is 145 cm³/mol. The molecule has 0 nitrogen and oxygen atoms in total. The van der Waals surface area contributed by atoms with Gasteiger partial charge in [-0.1, -0.05) is 92.9 Å². The molecule has 0 fully saturated rings. The zero-order valence-electron chi connectivity index (χ0n) is 23.4. The van der Waals surface area contributed by atoms with Crippen molar-refractivity contribution >= 4 is 0 Å². The molecule has 0 bridgehead atoms. The van der Waals surface area contributed by atoms with Crippen molar-refractivity contribution < 1.29 is 0 Å². The van der Waals surface area contributed by atoms with Crippen molar-refractivity contribution in [3.63, 3.8) is 0 Å². The first-order valence-corrected chi connectivity index (χ1v) is 14.2. The van der Waals surface area contributed by atoms with Gasteiger partial charge in [-0.05, 0) is 109 Å². The third-order valence-electron chi connectivity index (χ3n) is 9.02. The van der Waals surface area contributed by atoms with Gasteiger partial charge in [0.05, 0.1) is 0 Å². The zero-order valence-corrected chi connectivity index (χ0v) is 23.4. The summed E-state index contributed by atoms with van der Waals surface area (Å²) in [5.41, 5.74) is 10.3. The molecule has 1 aliphatic carbocycles. The molecule has 0 amide bonds. The molecule has 1 aliphatic rings. The van der Waals surface area contributed by atoms with Crippen molar-refractivity contribution in [1.82, 2.24) is 0 Å². The van der Waals surface area contributed by atoms with E-state index in [1.165, 1.54) is 83.5 Å². The summed E-state index contributed by atoms with van der Waals surface area (Å²) in [7, 11) is 0. The van der Waals surface area contributed by atoms with Crippen LogP contribution >= 0.6 is 0 Å². The van der Waals surface area contributed by atoms with Crippen LogP contribution in [0.1, 0.15) is 139 Å². The average molecular weight is 441 g/mol. The van der Waals surface area contributed by atoms with E-state index in [0.29, 0.717) is 5.41 Å². The Labute approximate surface area is 202 Å². The van der Waals surface area contributed by atoms with E-state index in [-0.39, 0.29) is 0 Å². The Hall–Kier alpha value is -0.780. The van der Waals surface area contributed by atoms with Gasteiger partial charge in [0.25, 0.3) is 0 Å². The van der Waals surface area contributed by atoms with Gasteiger partial charge in [0.1, 0.15) is 0 Å². The van der Waals surface area contributed by atoms with Gasteiger partial charge in [0.15, 0.2) is 0 Å². The largest absolute Gasteiger partial charge is 0.0628 e. The molecule has 0 heteroatoms. The monoisotopic (exact) mass is 440 g/mol. The quantitative estimate of drug-likeness (QED) is 0.286. The molecule has 32 heavy (non-hydrogen) atoms. The number of hydrogen-bond acceptors (Lipinski definition) is 0. The second-order valence-electron chi connectivity index (χ2n) is 12.5. The minimum absolute atomic E-state index is 0.509. The molecular weight excluding hydrogens is 384 g/mol. The Bertz CT molecular complexity index is 709. The van der Waals surface area contributed by atoms with Crippen LogP contribution < -0.4 is 0 Å². The summed E-state index contributed by atoms with van der Waals surface area (Å²) in [5.74, 6) is 2.69. The van der Waals surface area contributed by atoms with E-state index in [0.717, 1.165) is 17.8 Å². The Balaban J connectivity index is 1.77. The highest BCUT2D eigenvalue weighted by Gasteiger charge is 2.32. The summed E-state index contributed by atoms with van der Waals surface area (Å²) in [5, 5.41) is 0. The van der Waals surface area contributed by atoms with Crippen LogP contribution in [0.4, 0.5) is 0 Å². The molecule has 0 saturated carbocycles. The van der Waals surface area contributed by atoms with Gasteiger partial charge < -0.3 is 0 Å². The van der Waals surface area contributed by atoms with Crippen molar-refractivity contribution in [2.45, 2.75) is 146 Å². The summed E-state index contributed by atoms with van der Waals surface area (Å²) in [6.07, 6.45) is 18.0. The maximum atomic E-state index is 2.58. The van der Waals surface area contributed by atoms with Crippen molar-refractivity contribution in [3.05, 3.63) is 33.4 Å². The van der Waals surface area contributed by atoms with Gasteiger partial charge in [-0.3, -0.25) is 0 Å². The van der Waals surface area contributed by atoms with E-state index in [4.69, 9.17) is 0 Å². The summed E-state index contributed by atoms with van der Waals surface area (Å²) >= 11 is 0. The fourth-order valence-electron chi connectivity index (χ4n) is 6.49. The normalized spacial score (nSPS) is 20.4. The van der Waals surface area contributed by atoms with Gasteiger partial charge in [0.2, 0.25) is 0 Å². The smallest absolute Gasteiger partial charge is 0.0219 e. The Kier molecular flexibility index (Phi) is 10.8. The molecular formula is C32H56. The standard InChI is InChI=1S/C32H56/c1-10-29-26(6)27(7)31-22-32(9,21-19-30(31)28(29)8)20-13-18-25(5)17-12-16-24(4)15-11-14-23(2)3/h23-25H,10-22H2,1-9H3. The van der Waals surface area contributed by atoms with Crippen LogP contribution in [0.15, 0.2) is 0 Å². The van der Waals surface area contributed by atoms with Crippen molar-refractivity contribution in [1.29, 1.82) is 0 Å². The molecule has 0 radical (unpaired) electrons. The fourth-order valence-corrected chi connectivity index (χ4v) is 6.49. The van der Waals surface area contributed by atoms with E-state index in [9.17, 15) is 0 Å². The first-order chi connectivity index (χ1) is 15.1. The lowest BCUT2D eigenvalue weighted by molar-refractivity contribution is 0.238. The molecule has 0 aliphatic heterocycles. The highest BCUT2D eigenvalue weighted by Crippen LogP contribution is 2.43. The predicted octanol–water partition coefficient (Wildman–Crippen LogP) is 10.1.